The molecule has 1 aliphatic rings. The number of aryl methyl sites for hydroxylation is 2. The van der Waals surface area contributed by atoms with Crippen molar-refractivity contribution in [3.63, 3.8) is 0 Å². The number of hydrogen-bond donors (Lipinski definition) is 1. The molecule has 2 aromatic rings. The Morgan fingerprint density at radius 3 is 2.21 bits per heavy atom. The van der Waals surface area contributed by atoms with Gasteiger partial charge in [0.15, 0.2) is 11.6 Å². The molecule has 0 saturated carbocycles. The van der Waals surface area contributed by atoms with Crippen LogP contribution in [-0.2, 0) is 0 Å². The van der Waals surface area contributed by atoms with Gasteiger partial charge in [0.05, 0.1) is 0 Å². The van der Waals surface area contributed by atoms with Crippen molar-refractivity contribution < 1.29 is 0 Å². The van der Waals surface area contributed by atoms with Gasteiger partial charge < -0.3 is 4.90 Å². The van der Waals surface area contributed by atoms with Gasteiger partial charge in [-0.2, -0.15) is 0 Å². The third-order valence-electron chi connectivity index (χ3n) is 3.58. The molecule has 100 valence electrons. The fourth-order valence-electron chi connectivity index (χ4n) is 2.46. The first kappa shape index (κ1) is 12.0. The molecule has 1 aliphatic heterocycles. The first-order valence-electron chi connectivity index (χ1n) is 6.75. The predicted molar refractivity (Wildman–Crippen MR) is 76.4 cm³/mol. The third kappa shape index (κ3) is 2.41. The fraction of sp³-hybridized carbons (Fsp3) is 0.429. The van der Waals surface area contributed by atoms with Crippen molar-refractivity contribution in [1.29, 1.82) is 0 Å². The molecule has 1 fully saturated rings. The van der Waals surface area contributed by atoms with Gasteiger partial charge in [-0.3, -0.25) is 10.1 Å². The largest absolute Gasteiger partial charge is 0.355 e. The summed E-state index contributed by atoms with van der Waals surface area (Å²) in [7, 11) is 0. The van der Waals surface area contributed by atoms with Gasteiger partial charge in [-0.1, -0.05) is 0 Å². The van der Waals surface area contributed by atoms with Crippen LogP contribution < -0.4 is 10.3 Å². The van der Waals surface area contributed by atoms with Crippen molar-refractivity contribution in [2.75, 3.05) is 23.4 Å². The van der Waals surface area contributed by atoms with Crippen LogP contribution in [0.3, 0.4) is 0 Å². The van der Waals surface area contributed by atoms with E-state index in [0.29, 0.717) is 0 Å². The summed E-state index contributed by atoms with van der Waals surface area (Å²) in [5.74, 6) is 1.74. The molecule has 2 aromatic heterocycles. The molecule has 0 atom stereocenters. The molecule has 0 aromatic carbocycles. The fourth-order valence-corrected chi connectivity index (χ4v) is 2.46. The van der Waals surface area contributed by atoms with E-state index < -0.39 is 0 Å². The number of anilines is 2. The summed E-state index contributed by atoms with van der Waals surface area (Å²) in [6, 6.07) is 8.18. The van der Waals surface area contributed by atoms with Gasteiger partial charge in [-0.25, -0.2) is 0 Å². The van der Waals surface area contributed by atoms with E-state index in [9.17, 15) is 0 Å². The first-order chi connectivity index (χ1) is 9.24. The maximum absolute atomic E-state index is 4.30. The molecule has 5 heteroatoms. The summed E-state index contributed by atoms with van der Waals surface area (Å²) in [4.78, 5) is 2.28. The van der Waals surface area contributed by atoms with Crippen LogP contribution in [0.25, 0.3) is 0 Å². The van der Waals surface area contributed by atoms with Gasteiger partial charge in [0.25, 0.3) is 0 Å². The highest BCUT2D eigenvalue weighted by Crippen LogP contribution is 2.18. The number of nitrogens with zero attached hydrogens (tertiary/aromatic N) is 4. The van der Waals surface area contributed by atoms with Crippen LogP contribution in [0.2, 0.25) is 0 Å². The molecule has 0 radical (unpaired) electrons. The second kappa shape index (κ2) is 4.91. The molecule has 0 spiro atoms. The average Bonchev–Trinajstić information content (AvgIpc) is 3.05. The molecule has 1 saturated heterocycles. The molecule has 0 amide bonds. The summed E-state index contributed by atoms with van der Waals surface area (Å²) < 4.78 is 2.01. The molecule has 0 unspecified atom stereocenters. The minimum atomic E-state index is 0.769. The molecule has 3 heterocycles. The molecule has 3 rings (SSSR count). The van der Waals surface area contributed by atoms with E-state index in [4.69, 9.17) is 0 Å². The maximum Gasteiger partial charge on any atom is 0.167 e. The minimum Gasteiger partial charge on any atom is -0.355 e. The molecular formula is C14H19N5. The van der Waals surface area contributed by atoms with Crippen molar-refractivity contribution in [1.82, 2.24) is 14.9 Å². The topological polar surface area (TPSA) is 46.0 Å². The summed E-state index contributed by atoms with van der Waals surface area (Å²) in [5.41, 5.74) is 5.57. The van der Waals surface area contributed by atoms with E-state index in [0.717, 1.165) is 36.1 Å². The zero-order valence-electron chi connectivity index (χ0n) is 11.4. The van der Waals surface area contributed by atoms with Crippen LogP contribution >= 0.6 is 0 Å². The van der Waals surface area contributed by atoms with Crippen LogP contribution in [0, 0.1) is 13.8 Å². The molecule has 0 aliphatic carbocycles. The van der Waals surface area contributed by atoms with Gasteiger partial charge in [0, 0.05) is 24.5 Å². The number of rotatable bonds is 3. The van der Waals surface area contributed by atoms with Gasteiger partial charge in [-0.15, -0.1) is 10.2 Å². The zero-order chi connectivity index (χ0) is 13.2. The van der Waals surface area contributed by atoms with E-state index >= 15 is 0 Å². The molecule has 0 bridgehead atoms. The standard InChI is InChI=1S/C14H19N5/c1-11-5-6-12(2)19(11)17-13-7-8-14(16-15-13)18-9-3-4-10-18/h5-8H,3-4,9-10H2,1-2H3,(H,15,17). The Hall–Kier alpha value is -2.04. The lowest BCUT2D eigenvalue weighted by Crippen LogP contribution is -2.20. The van der Waals surface area contributed by atoms with Gasteiger partial charge in [0.1, 0.15) is 0 Å². The Bertz CT molecular complexity index is 532. The normalized spacial score (nSPS) is 14.9. The predicted octanol–water partition coefficient (Wildman–Crippen LogP) is 2.37. The van der Waals surface area contributed by atoms with Crippen LogP contribution in [0.5, 0.6) is 0 Å². The Morgan fingerprint density at radius 2 is 1.63 bits per heavy atom. The van der Waals surface area contributed by atoms with E-state index in [1.165, 1.54) is 12.8 Å². The third-order valence-corrected chi connectivity index (χ3v) is 3.58. The van der Waals surface area contributed by atoms with Gasteiger partial charge in [-0.05, 0) is 51.0 Å². The highest BCUT2D eigenvalue weighted by atomic mass is 15.5. The van der Waals surface area contributed by atoms with Crippen LogP contribution in [-0.4, -0.2) is 28.0 Å². The summed E-state index contributed by atoms with van der Waals surface area (Å²) in [5, 5.41) is 8.56. The summed E-state index contributed by atoms with van der Waals surface area (Å²) >= 11 is 0. The van der Waals surface area contributed by atoms with Crippen molar-refractivity contribution >= 4 is 11.6 Å². The average molecular weight is 257 g/mol. The number of nitrogens with one attached hydrogen (secondary N) is 1. The molecule has 19 heavy (non-hydrogen) atoms. The van der Waals surface area contributed by atoms with Crippen molar-refractivity contribution in [3.8, 4) is 0 Å². The smallest absolute Gasteiger partial charge is 0.167 e. The van der Waals surface area contributed by atoms with Crippen molar-refractivity contribution in [2.24, 2.45) is 0 Å². The van der Waals surface area contributed by atoms with Crippen LogP contribution in [0.15, 0.2) is 24.3 Å². The Labute approximate surface area is 113 Å². The van der Waals surface area contributed by atoms with E-state index in [1.807, 2.05) is 16.8 Å². The van der Waals surface area contributed by atoms with Gasteiger partial charge in [0.2, 0.25) is 0 Å². The minimum absolute atomic E-state index is 0.769. The van der Waals surface area contributed by atoms with Crippen LogP contribution in [0.1, 0.15) is 24.2 Å². The second-order valence-electron chi connectivity index (χ2n) is 5.03. The highest BCUT2D eigenvalue weighted by molar-refractivity contribution is 5.44. The SMILES string of the molecule is Cc1ccc(C)n1Nc1ccc(N2CCCC2)nn1. The lowest BCUT2D eigenvalue weighted by Gasteiger charge is -2.16. The van der Waals surface area contributed by atoms with Crippen molar-refractivity contribution in [3.05, 3.63) is 35.7 Å². The van der Waals surface area contributed by atoms with E-state index in [2.05, 4.69) is 46.5 Å². The second-order valence-corrected chi connectivity index (χ2v) is 5.03. The lowest BCUT2D eigenvalue weighted by molar-refractivity contribution is 0.844. The van der Waals surface area contributed by atoms with Gasteiger partial charge >= 0.3 is 0 Å². The Morgan fingerprint density at radius 1 is 0.947 bits per heavy atom. The monoisotopic (exact) mass is 257 g/mol. The first-order valence-corrected chi connectivity index (χ1v) is 6.75. The zero-order valence-corrected chi connectivity index (χ0v) is 11.4. The lowest BCUT2D eigenvalue weighted by atomic mass is 10.4. The maximum atomic E-state index is 4.30. The number of aromatic nitrogens is 3. The molecular weight excluding hydrogens is 238 g/mol. The van der Waals surface area contributed by atoms with Crippen LogP contribution in [0.4, 0.5) is 11.6 Å². The Balaban J connectivity index is 1.75. The molecule has 5 nitrogen and oxygen atoms in total. The highest BCUT2D eigenvalue weighted by Gasteiger charge is 2.13. The summed E-state index contributed by atoms with van der Waals surface area (Å²) in [6.07, 6.45) is 2.51. The van der Waals surface area contributed by atoms with E-state index in [-0.39, 0.29) is 0 Å². The molecule has 1 N–H and O–H groups in total. The van der Waals surface area contributed by atoms with E-state index in [1.54, 1.807) is 0 Å². The van der Waals surface area contributed by atoms with Crippen molar-refractivity contribution in [2.45, 2.75) is 26.7 Å². The Kier molecular flexibility index (Phi) is 3.11. The number of hydrogen-bond acceptors (Lipinski definition) is 4. The summed E-state index contributed by atoms with van der Waals surface area (Å²) in [6.45, 7) is 6.31. The quantitative estimate of drug-likeness (QED) is 0.917.